The fraction of sp³-hybridized carbons (Fsp3) is 0.833. The molecule has 5 nitrogen and oxygen atoms in total. The fourth-order valence-corrected chi connectivity index (χ4v) is 2.81. The molecule has 2 aliphatic rings. The number of hydrogen-bond acceptors (Lipinski definition) is 4. The Labute approximate surface area is 139 Å². The summed E-state index contributed by atoms with van der Waals surface area (Å²) < 4.78 is 11.5. The maximum absolute atomic E-state index is 12.0. The zero-order valence-corrected chi connectivity index (χ0v) is 14.7. The molecule has 1 N–H and O–H groups in total. The highest BCUT2D eigenvalue weighted by Gasteiger charge is 2.33. The van der Waals surface area contributed by atoms with Gasteiger partial charge in [-0.05, 0) is 53.4 Å². The summed E-state index contributed by atoms with van der Waals surface area (Å²) in [4.78, 5) is 13.8. The molecule has 1 aliphatic heterocycles. The minimum absolute atomic E-state index is 0.226. The van der Waals surface area contributed by atoms with Crippen molar-refractivity contribution in [1.29, 1.82) is 0 Å². The zero-order chi connectivity index (χ0) is 17.0. The Bertz CT molecular complexity index is 458. The van der Waals surface area contributed by atoms with Gasteiger partial charge in [0.05, 0.1) is 12.2 Å². The van der Waals surface area contributed by atoms with Crippen LogP contribution in [0.2, 0.25) is 0 Å². The summed E-state index contributed by atoms with van der Waals surface area (Å²) in [6, 6.07) is 0. The molecular formula is C18H29NO4. The number of nitrogens with zero attached hydrogens (tertiary/aromatic N) is 1. The van der Waals surface area contributed by atoms with Gasteiger partial charge in [0.2, 0.25) is 0 Å². The van der Waals surface area contributed by atoms with Gasteiger partial charge >= 0.3 is 6.09 Å². The minimum atomic E-state index is -0.549. The Hall–Kier alpha value is -1.25. The molecule has 1 heterocycles. The van der Waals surface area contributed by atoms with Crippen LogP contribution in [0.3, 0.4) is 0 Å². The van der Waals surface area contributed by atoms with Crippen LogP contribution < -0.4 is 0 Å². The number of ether oxygens (including phenoxy) is 2. The molecule has 1 atom stereocenters. The van der Waals surface area contributed by atoms with E-state index >= 15 is 0 Å². The van der Waals surface area contributed by atoms with E-state index in [1.54, 1.807) is 11.8 Å². The predicted octanol–water partition coefficient (Wildman–Crippen LogP) is 2.57. The van der Waals surface area contributed by atoms with Crippen molar-refractivity contribution in [2.24, 2.45) is 5.92 Å². The summed E-state index contributed by atoms with van der Waals surface area (Å²) >= 11 is 0. The van der Waals surface area contributed by atoms with Crippen LogP contribution in [0.4, 0.5) is 4.79 Å². The molecule has 0 radical (unpaired) electrons. The van der Waals surface area contributed by atoms with Gasteiger partial charge in [0.15, 0.2) is 0 Å². The SMILES string of the molecule is CC(O)C#CC1CC(OC2CCN(C(=O)OC(C)(C)C)CC2)C1. The lowest BCUT2D eigenvalue weighted by atomic mass is 9.82. The van der Waals surface area contributed by atoms with Gasteiger partial charge in [0.25, 0.3) is 0 Å². The first-order valence-corrected chi connectivity index (χ1v) is 8.55. The molecule has 0 bridgehead atoms. The number of aliphatic hydroxyl groups excluding tert-OH is 1. The van der Waals surface area contributed by atoms with Crippen molar-refractivity contribution in [1.82, 2.24) is 4.90 Å². The number of rotatable bonds is 2. The molecule has 0 aromatic heterocycles. The van der Waals surface area contributed by atoms with E-state index in [0.717, 1.165) is 25.7 Å². The van der Waals surface area contributed by atoms with Crippen LogP contribution in [-0.4, -0.2) is 53.1 Å². The number of aliphatic hydroxyl groups is 1. The standard InChI is InChI=1S/C18H29NO4/c1-13(20)5-6-14-11-16(12-14)22-15-7-9-19(10-8-15)17(21)23-18(2,3)4/h13-16,20H,7-12H2,1-4H3. The Morgan fingerprint density at radius 1 is 1.22 bits per heavy atom. The molecule has 0 aromatic carbocycles. The number of likely N-dealkylation sites (tertiary alicyclic amines) is 1. The number of carbonyl (C=O) groups excluding carboxylic acids is 1. The normalized spacial score (nSPS) is 26.7. The second-order valence-electron chi connectivity index (χ2n) is 7.56. The molecule has 2 rings (SSSR count). The van der Waals surface area contributed by atoms with Gasteiger partial charge in [0, 0.05) is 19.0 Å². The van der Waals surface area contributed by atoms with Crippen molar-refractivity contribution in [2.45, 2.75) is 77.3 Å². The lowest BCUT2D eigenvalue weighted by Crippen LogP contribution is -2.45. The van der Waals surface area contributed by atoms with Gasteiger partial charge in [-0.3, -0.25) is 0 Å². The maximum Gasteiger partial charge on any atom is 0.410 e. The van der Waals surface area contributed by atoms with Gasteiger partial charge in [-0.15, -0.1) is 0 Å². The number of piperidine rings is 1. The molecule has 1 unspecified atom stereocenters. The Kier molecular flexibility index (Phi) is 5.94. The van der Waals surface area contributed by atoms with Crippen molar-refractivity contribution in [2.75, 3.05) is 13.1 Å². The van der Waals surface area contributed by atoms with E-state index < -0.39 is 11.7 Å². The van der Waals surface area contributed by atoms with Crippen LogP contribution in [-0.2, 0) is 9.47 Å². The van der Waals surface area contributed by atoms with E-state index in [2.05, 4.69) is 11.8 Å². The fourth-order valence-electron chi connectivity index (χ4n) is 2.81. The molecule has 130 valence electrons. The van der Waals surface area contributed by atoms with E-state index in [9.17, 15) is 4.79 Å². The predicted molar refractivity (Wildman–Crippen MR) is 87.9 cm³/mol. The topological polar surface area (TPSA) is 59.0 Å². The van der Waals surface area contributed by atoms with Crippen molar-refractivity contribution in [3.05, 3.63) is 0 Å². The largest absolute Gasteiger partial charge is 0.444 e. The smallest absolute Gasteiger partial charge is 0.410 e. The Morgan fingerprint density at radius 3 is 2.35 bits per heavy atom. The van der Waals surface area contributed by atoms with Crippen molar-refractivity contribution >= 4 is 6.09 Å². The number of hydrogen-bond donors (Lipinski definition) is 1. The summed E-state index contributed by atoms with van der Waals surface area (Å²) in [5, 5.41) is 9.14. The van der Waals surface area contributed by atoms with Gasteiger partial charge in [-0.2, -0.15) is 0 Å². The Morgan fingerprint density at radius 2 is 1.83 bits per heavy atom. The molecule has 5 heteroatoms. The second kappa shape index (κ2) is 7.55. The highest BCUT2D eigenvalue weighted by Crippen LogP contribution is 2.32. The highest BCUT2D eigenvalue weighted by atomic mass is 16.6. The molecule has 2 fully saturated rings. The molecule has 23 heavy (non-hydrogen) atoms. The van der Waals surface area contributed by atoms with E-state index in [-0.39, 0.29) is 18.3 Å². The minimum Gasteiger partial charge on any atom is -0.444 e. The molecule has 1 saturated carbocycles. The maximum atomic E-state index is 12.0. The molecule has 1 aliphatic carbocycles. The van der Waals surface area contributed by atoms with Crippen LogP contribution in [0.15, 0.2) is 0 Å². The van der Waals surface area contributed by atoms with Crippen LogP contribution >= 0.6 is 0 Å². The van der Waals surface area contributed by atoms with Gasteiger partial charge in [-0.1, -0.05) is 11.8 Å². The summed E-state index contributed by atoms with van der Waals surface area (Å²) in [5.41, 5.74) is -0.446. The van der Waals surface area contributed by atoms with E-state index in [1.807, 2.05) is 20.8 Å². The lowest BCUT2D eigenvalue weighted by molar-refractivity contribution is -0.0849. The van der Waals surface area contributed by atoms with Crippen LogP contribution in [0.1, 0.15) is 53.4 Å². The lowest BCUT2D eigenvalue weighted by Gasteiger charge is -2.38. The number of amides is 1. The van der Waals surface area contributed by atoms with Crippen molar-refractivity contribution < 1.29 is 19.4 Å². The van der Waals surface area contributed by atoms with Gasteiger partial charge in [-0.25, -0.2) is 4.79 Å². The Balaban J connectivity index is 1.65. The van der Waals surface area contributed by atoms with Crippen LogP contribution in [0.25, 0.3) is 0 Å². The summed E-state index contributed by atoms with van der Waals surface area (Å²) in [5.74, 6) is 6.24. The van der Waals surface area contributed by atoms with Crippen molar-refractivity contribution in [3.8, 4) is 11.8 Å². The quantitative estimate of drug-likeness (QED) is 0.794. The van der Waals surface area contributed by atoms with E-state index in [1.165, 1.54) is 0 Å². The third kappa shape index (κ3) is 6.04. The van der Waals surface area contributed by atoms with Gasteiger partial charge in [0.1, 0.15) is 11.7 Å². The van der Waals surface area contributed by atoms with E-state index in [0.29, 0.717) is 19.0 Å². The molecule has 0 spiro atoms. The monoisotopic (exact) mass is 323 g/mol. The summed E-state index contributed by atoms with van der Waals surface area (Å²) in [7, 11) is 0. The van der Waals surface area contributed by atoms with Crippen LogP contribution in [0, 0.1) is 17.8 Å². The molecule has 1 saturated heterocycles. The van der Waals surface area contributed by atoms with E-state index in [4.69, 9.17) is 14.6 Å². The first kappa shape index (κ1) is 18.1. The second-order valence-corrected chi connectivity index (χ2v) is 7.56. The van der Waals surface area contributed by atoms with Crippen molar-refractivity contribution in [3.63, 3.8) is 0 Å². The average molecular weight is 323 g/mol. The highest BCUT2D eigenvalue weighted by molar-refractivity contribution is 5.68. The molecule has 0 aromatic rings. The zero-order valence-electron chi connectivity index (χ0n) is 14.7. The first-order valence-electron chi connectivity index (χ1n) is 8.55. The summed E-state index contributed by atoms with van der Waals surface area (Å²) in [6.07, 6.45) is 3.35. The summed E-state index contributed by atoms with van der Waals surface area (Å²) in [6.45, 7) is 8.71. The third-order valence-corrected chi connectivity index (χ3v) is 4.07. The number of carbonyl (C=O) groups is 1. The molecule has 1 amide bonds. The average Bonchev–Trinajstić information content (AvgIpc) is 2.39. The van der Waals surface area contributed by atoms with Gasteiger partial charge < -0.3 is 19.5 Å². The third-order valence-electron chi connectivity index (χ3n) is 4.07. The molecular weight excluding hydrogens is 294 g/mol. The first-order chi connectivity index (χ1) is 10.7. The van der Waals surface area contributed by atoms with Crippen LogP contribution in [0.5, 0.6) is 0 Å².